The number of aromatic nitrogens is 1. The van der Waals surface area contributed by atoms with Crippen molar-refractivity contribution in [3.05, 3.63) is 24.0 Å². The van der Waals surface area contributed by atoms with Crippen LogP contribution in [0.1, 0.15) is 31.9 Å². The van der Waals surface area contributed by atoms with Crippen LogP contribution >= 0.6 is 11.6 Å². The highest BCUT2D eigenvalue weighted by Crippen LogP contribution is 2.24. The summed E-state index contributed by atoms with van der Waals surface area (Å²) in [5, 5.41) is 4.97. The van der Waals surface area contributed by atoms with Gasteiger partial charge in [-0.1, -0.05) is 13.8 Å². The van der Waals surface area contributed by atoms with Gasteiger partial charge in [-0.2, -0.15) is 0 Å². The van der Waals surface area contributed by atoms with Crippen molar-refractivity contribution in [3.63, 3.8) is 0 Å². The lowest BCUT2D eigenvalue weighted by molar-refractivity contribution is 0.596. The van der Waals surface area contributed by atoms with Crippen molar-refractivity contribution < 1.29 is 8.42 Å². The zero-order valence-corrected chi connectivity index (χ0v) is 10.8. The van der Waals surface area contributed by atoms with Crippen LogP contribution in [-0.2, 0) is 10.0 Å². The molecule has 0 amide bonds. The summed E-state index contributed by atoms with van der Waals surface area (Å²) in [5.41, 5.74) is 0.772. The van der Waals surface area contributed by atoms with Gasteiger partial charge in [0.2, 0.25) is 10.0 Å². The average molecular weight is 263 g/mol. The lowest BCUT2D eigenvalue weighted by atomic mass is 10.0. The standard InChI is InChI=1S/C10H15ClN2O2S/c1-3-9(11)7(2)10-5-4-8(6-13-10)16(12,14)15/h4-7,9H,3H2,1-2H3,(H2,12,14,15). The van der Waals surface area contributed by atoms with Crippen LogP contribution in [0.15, 0.2) is 23.2 Å². The van der Waals surface area contributed by atoms with Crippen molar-refractivity contribution in [2.45, 2.75) is 36.5 Å². The predicted octanol–water partition coefficient (Wildman–Crippen LogP) is 1.85. The molecule has 0 aliphatic heterocycles. The molecular formula is C10H15ClN2O2S. The Morgan fingerprint density at radius 3 is 2.50 bits per heavy atom. The Balaban J connectivity index is 2.96. The van der Waals surface area contributed by atoms with Gasteiger partial charge in [0.1, 0.15) is 4.90 Å². The highest BCUT2D eigenvalue weighted by molar-refractivity contribution is 7.89. The molecule has 6 heteroatoms. The quantitative estimate of drug-likeness (QED) is 0.842. The number of halogens is 1. The molecular weight excluding hydrogens is 248 g/mol. The van der Waals surface area contributed by atoms with Crippen molar-refractivity contribution in [3.8, 4) is 0 Å². The van der Waals surface area contributed by atoms with E-state index in [1.165, 1.54) is 12.3 Å². The van der Waals surface area contributed by atoms with Crippen molar-refractivity contribution in [2.24, 2.45) is 5.14 Å². The molecule has 0 saturated heterocycles. The molecule has 1 rings (SSSR count). The number of nitrogens with zero attached hydrogens (tertiary/aromatic N) is 1. The van der Waals surface area contributed by atoms with Crippen LogP contribution < -0.4 is 5.14 Å². The van der Waals surface area contributed by atoms with Crippen LogP contribution in [0.3, 0.4) is 0 Å². The topological polar surface area (TPSA) is 73.1 Å². The largest absolute Gasteiger partial charge is 0.260 e. The Morgan fingerprint density at radius 2 is 2.12 bits per heavy atom. The number of pyridine rings is 1. The molecule has 0 aromatic carbocycles. The summed E-state index contributed by atoms with van der Waals surface area (Å²) in [6.07, 6.45) is 2.10. The van der Waals surface area contributed by atoms with E-state index in [9.17, 15) is 8.42 Å². The van der Waals surface area contributed by atoms with Crippen LogP contribution in [0.25, 0.3) is 0 Å². The SMILES string of the molecule is CCC(Cl)C(C)c1ccc(S(N)(=O)=O)cn1. The second-order valence-electron chi connectivity index (χ2n) is 3.68. The van der Waals surface area contributed by atoms with E-state index in [0.717, 1.165) is 12.1 Å². The zero-order valence-electron chi connectivity index (χ0n) is 9.22. The molecule has 0 saturated carbocycles. The molecule has 4 nitrogen and oxygen atoms in total. The first-order valence-electron chi connectivity index (χ1n) is 4.99. The van der Waals surface area contributed by atoms with Gasteiger partial charge >= 0.3 is 0 Å². The molecule has 0 spiro atoms. The summed E-state index contributed by atoms with van der Waals surface area (Å²) in [4.78, 5) is 4.09. The third-order valence-corrected chi connectivity index (χ3v) is 4.07. The molecule has 2 unspecified atom stereocenters. The molecule has 90 valence electrons. The first-order chi connectivity index (χ1) is 7.36. The average Bonchev–Trinajstić information content (AvgIpc) is 2.26. The monoisotopic (exact) mass is 262 g/mol. The maximum Gasteiger partial charge on any atom is 0.239 e. The number of hydrogen-bond donors (Lipinski definition) is 1. The first-order valence-corrected chi connectivity index (χ1v) is 6.97. The first kappa shape index (κ1) is 13.4. The van der Waals surface area contributed by atoms with Crippen LogP contribution in [0.5, 0.6) is 0 Å². The van der Waals surface area contributed by atoms with Crippen LogP contribution in [0.4, 0.5) is 0 Å². The Hall–Kier alpha value is -0.650. The lowest BCUT2D eigenvalue weighted by Gasteiger charge is -2.15. The number of alkyl halides is 1. The second-order valence-corrected chi connectivity index (χ2v) is 5.80. The van der Waals surface area contributed by atoms with Crippen molar-refractivity contribution >= 4 is 21.6 Å². The maximum absolute atomic E-state index is 11.0. The minimum absolute atomic E-state index is 0.00664. The van der Waals surface area contributed by atoms with Gasteiger partial charge in [-0.15, -0.1) is 11.6 Å². The van der Waals surface area contributed by atoms with Crippen molar-refractivity contribution in [1.82, 2.24) is 4.98 Å². The Labute approximate surface area is 101 Å². The number of rotatable bonds is 4. The molecule has 0 bridgehead atoms. The predicted molar refractivity (Wildman–Crippen MR) is 64.0 cm³/mol. The molecule has 0 fully saturated rings. The van der Waals surface area contributed by atoms with Crippen LogP contribution in [0, 0.1) is 0 Å². The van der Waals surface area contributed by atoms with Gasteiger partial charge in [-0.25, -0.2) is 13.6 Å². The molecule has 0 aliphatic carbocycles. The van der Waals surface area contributed by atoms with E-state index in [-0.39, 0.29) is 16.2 Å². The molecule has 1 heterocycles. The highest BCUT2D eigenvalue weighted by atomic mass is 35.5. The van der Waals surface area contributed by atoms with E-state index in [1.807, 2.05) is 13.8 Å². The fourth-order valence-electron chi connectivity index (χ4n) is 1.37. The maximum atomic E-state index is 11.0. The van der Waals surface area contributed by atoms with Gasteiger partial charge in [0.25, 0.3) is 0 Å². The molecule has 16 heavy (non-hydrogen) atoms. The van der Waals surface area contributed by atoms with Gasteiger partial charge in [-0.3, -0.25) is 4.98 Å². The smallest absolute Gasteiger partial charge is 0.239 e. The summed E-state index contributed by atoms with van der Waals surface area (Å²) in [5.74, 6) is 0.0844. The Kier molecular flexibility index (Phi) is 4.29. The second kappa shape index (κ2) is 5.12. The van der Waals surface area contributed by atoms with E-state index >= 15 is 0 Å². The lowest BCUT2D eigenvalue weighted by Crippen LogP contribution is -2.14. The van der Waals surface area contributed by atoms with Gasteiger partial charge < -0.3 is 0 Å². The Bertz CT molecular complexity index is 444. The minimum atomic E-state index is -3.67. The molecule has 1 aromatic heterocycles. The van der Waals surface area contributed by atoms with Gasteiger partial charge in [0.15, 0.2) is 0 Å². The molecule has 2 N–H and O–H groups in total. The fraction of sp³-hybridized carbons (Fsp3) is 0.500. The third-order valence-electron chi connectivity index (χ3n) is 2.49. The number of hydrogen-bond acceptors (Lipinski definition) is 3. The van der Waals surface area contributed by atoms with Crippen molar-refractivity contribution in [1.29, 1.82) is 0 Å². The third kappa shape index (κ3) is 3.17. The highest BCUT2D eigenvalue weighted by Gasteiger charge is 2.16. The van der Waals surface area contributed by atoms with E-state index < -0.39 is 10.0 Å². The molecule has 2 atom stereocenters. The zero-order chi connectivity index (χ0) is 12.3. The van der Waals surface area contributed by atoms with E-state index in [4.69, 9.17) is 16.7 Å². The molecule has 0 aliphatic rings. The van der Waals surface area contributed by atoms with E-state index in [1.54, 1.807) is 6.07 Å². The van der Waals surface area contributed by atoms with Crippen LogP contribution in [0.2, 0.25) is 0 Å². The van der Waals surface area contributed by atoms with E-state index in [0.29, 0.717) is 0 Å². The van der Waals surface area contributed by atoms with E-state index in [2.05, 4.69) is 4.98 Å². The normalized spacial score (nSPS) is 15.8. The van der Waals surface area contributed by atoms with Gasteiger partial charge in [0.05, 0.1) is 0 Å². The summed E-state index contributed by atoms with van der Waals surface area (Å²) in [6, 6.07) is 3.10. The fourth-order valence-corrected chi connectivity index (χ4v) is 1.95. The molecule has 1 aromatic rings. The Morgan fingerprint density at radius 1 is 1.50 bits per heavy atom. The summed E-state index contributed by atoms with van der Waals surface area (Å²) in [6.45, 7) is 3.95. The van der Waals surface area contributed by atoms with Crippen molar-refractivity contribution in [2.75, 3.05) is 0 Å². The number of nitrogens with two attached hydrogens (primary N) is 1. The minimum Gasteiger partial charge on any atom is -0.260 e. The number of primary sulfonamides is 1. The number of sulfonamides is 1. The van der Waals surface area contributed by atoms with Crippen LogP contribution in [-0.4, -0.2) is 18.8 Å². The summed E-state index contributed by atoms with van der Waals surface area (Å²) < 4.78 is 22.0. The van der Waals surface area contributed by atoms with Gasteiger partial charge in [-0.05, 0) is 18.6 Å². The molecule has 0 radical (unpaired) electrons. The van der Waals surface area contributed by atoms with Gasteiger partial charge in [0, 0.05) is 23.2 Å². The summed E-state index contributed by atoms with van der Waals surface area (Å²) in [7, 11) is -3.67. The summed E-state index contributed by atoms with van der Waals surface area (Å²) >= 11 is 6.10.